The predicted octanol–water partition coefficient (Wildman–Crippen LogP) is 1.33. The largest absolute Gasteiger partial charge is 0.370 e. The molecule has 6 heteroatoms. The van der Waals surface area contributed by atoms with Gasteiger partial charge in [-0.2, -0.15) is 0 Å². The minimum absolute atomic E-state index is 0.0445. The second-order valence-electron chi connectivity index (χ2n) is 3.47. The molecule has 0 radical (unpaired) electrons. The molecule has 0 fully saturated rings. The standard InChI is InChI=1S/C11H15ClN4O/c12-8-3-5-9(6-4-8)16-10(17)2-1-7-15-11(13)14/h3-6H,1-2,7H2,(H,16,17)(H4,13,14,15). The topological polar surface area (TPSA) is 93.5 Å². The first-order chi connectivity index (χ1) is 8.08. The SMILES string of the molecule is NC(N)=NCCCC(=O)Nc1ccc(Cl)cc1. The number of aliphatic imine (C=N–C) groups is 1. The summed E-state index contributed by atoms with van der Waals surface area (Å²) in [5.74, 6) is -0.0266. The Balaban J connectivity index is 2.30. The molecule has 0 bridgehead atoms. The lowest BCUT2D eigenvalue weighted by molar-refractivity contribution is -0.116. The maximum absolute atomic E-state index is 11.5. The number of nitrogens with two attached hydrogens (primary N) is 2. The summed E-state index contributed by atoms with van der Waals surface area (Å²) >= 11 is 5.73. The highest BCUT2D eigenvalue weighted by atomic mass is 35.5. The molecule has 92 valence electrons. The number of guanidine groups is 1. The van der Waals surface area contributed by atoms with Crippen LogP contribution in [0.2, 0.25) is 5.02 Å². The average molecular weight is 255 g/mol. The fraction of sp³-hybridized carbons (Fsp3) is 0.273. The first-order valence-corrected chi connectivity index (χ1v) is 5.56. The average Bonchev–Trinajstić information content (AvgIpc) is 2.27. The van der Waals surface area contributed by atoms with Crippen molar-refractivity contribution in [2.75, 3.05) is 11.9 Å². The van der Waals surface area contributed by atoms with E-state index in [9.17, 15) is 4.79 Å². The molecule has 0 heterocycles. The van der Waals surface area contributed by atoms with Gasteiger partial charge in [-0.05, 0) is 30.7 Å². The Bertz CT molecular complexity index is 398. The van der Waals surface area contributed by atoms with E-state index in [0.717, 1.165) is 5.69 Å². The van der Waals surface area contributed by atoms with Gasteiger partial charge in [-0.1, -0.05) is 11.6 Å². The van der Waals surface area contributed by atoms with Gasteiger partial charge < -0.3 is 16.8 Å². The van der Waals surface area contributed by atoms with Gasteiger partial charge in [0.05, 0.1) is 0 Å². The van der Waals surface area contributed by atoms with Crippen LogP contribution in [0.1, 0.15) is 12.8 Å². The first-order valence-electron chi connectivity index (χ1n) is 5.19. The fourth-order valence-corrected chi connectivity index (χ4v) is 1.33. The Hall–Kier alpha value is -1.75. The van der Waals surface area contributed by atoms with E-state index in [1.54, 1.807) is 24.3 Å². The summed E-state index contributed by atoms with van der Waals surface area (Å²) in [6.07, 6.45) is 0.983. The second-order valence-corrected chi connectivity index (χ2v) is 3.90. The molecule has 0 atom stereocenters. The Morgan fingerprint density at radius 2 is 1.94 bits per heavy atom. The van der Waals surface area contributed by atoms with Crippen LogP contribution in [-0.2, 0) is 4.79 Å². The number of nitrogens with one attached hydrogen (secondary N) is 1. The normalized spacial score (nSPS) is 9.71. The van der Waals surface area contributed by atoms with Crippen LogP contribution in [0.4, 0.5) is 5.69 Å². The number of carbonyl (C=O) groups excluding carboxylic acids is 1. The van der Waals surface area contributed by atoms with Crippen molar-refractivity contribution in [2.24, 2.45) is 16.5 Å². The van der Waals surface area contributed by atoms with Crippen LogP contribution < -0.4 is 16.8 Å². The zero-order valence-corrected chi connectivity index (χ0v) is 10.1. The number of anilines is 1. The number of hydrogen-bond donors (Lipinski definition) is 3. The lowest BCUT2D eigenvalue weighted by Crippen LogP contribution is -2.23. The first kappa shape index (κ1) is 13.3. The maximum Gasteiger partial charge on any atom is 0.224 e. The van der Waals surface area contributed by atoms with E-state index in [1.807, 2.05) is 0 Å². The third-order valence-electron chi connectivity index (χ3n) is 1.98. The highest BCUT2D eigenvalue weighted by Crippen LogP contribution is 2.13. The Morgan fingerprint density at radius 3 is 2.53 bits per heavy atom. The molecule has 0 spiro atoms. The molecular formula is C11H15ClN4O. The van der Waals surface area contributed by atoms with Crippen LogP contribution in [0.15, 0.2) is 29.3 Å². The zero-order valence-electron chi connectivity index (χ0n) is 9.32. The van der Waals surface area contributed by atoms with Crippen LogP contribution >= 0.6 is 11.6 Å². The van der Waals surface area contributed by atoms with Crippen LogP contribution in [-0.4, -0.2) is 18.4 Å². The highest BCUT2D eigenvalue weighted by Gasteiger charge is 2.01. The molecule has 0 aliphatic rings. The molecule has 17 heavy (non-hydrogen) atoms. The van der Waals surface area contributed by atoms with Gasteiger partial charge in [0.15, 0.2) is 5.96 Å². The van der Waals surface area contributed by atoms with E-state index in [0.29, 0.717) is 24.4 Å². The van der Waals surface area contributed by atoms with Crippen molar-refractivity contribution >= 4 is 29.2 Å². The van der Waals surface area contributed by atoms with E-state index in [4.69, 9.17) is 23.1 Å². The van der Waals surface area contributed by atoms with Gasteiger partial charge in [0.25, 0.3) is 0 Å². The Kier molecular flexibility index (Phi) is 5.29. The Morgan fingerprint density at radius 1 is 1.29 bits per heavy atom. The summed E-state index contributed by atoms with van der Waals surface area (Å²) in [6.45, 7) is 0.455. The van der Waals surface area contributed by atoms with Crippen LogP contribution in [0.5, 0.6) is 0 Å². The number of halogens is 1. The number of rotatable bonds is 5. The summed E-state index contributed by atoms with van der Waals surface area (Å²) in [7, 11) is 0. The molecule has 1 aromatic rings. The van der Waals surface area contributed by atoms with Crippen molar-refractivity contribution in [3.8, 4) is 0 Å². The van der Waals surface area contributed by atoms with Gasteiger partial charge in [0, 0.05) is 23.7 Å². The summed E-state index contributed by atoms with van der Waals surface area (Å²) in [5, 5.41) is 3.38. The van der Waals surface area contributed by atoms with Crippen LogP contribution in [0, 0.1) is 0 Å². The molecule has 0 saturated heterocycles. The third kappa shape index (κ3) is 5.77. The van der Waals surface area contributed by atoms with Gasteiger partial charge in [-0.25, -0.2) is 0 Å². The van der Waals surface area contributed by atoms with Crippen LogP contribution in [0.25, 0.3) is 0 Å². The van der Waals surface area contributed by atoms with Crippen molar-refractivity contribution < 1.29 is 4.79 Å². The molecule has 0 unspecified atom stereocenters. The highest BCUT2D eigenvalue weighted by molar-refractivity contribution is 6.30. The molecule has 0 aliphatic carbocycles. The lowest BCUT2D eigenvalue weighted by Gasteiger charge is -2.04. The molecule has 1 aromatic carbocycles. The monoisotopic (exact) mass is 254 g/mol. The number of benzene rings is 1. The van der Waals surface area contributed by atoms with E-state index in [2.05, 4.69) is 10.3 Å². The molecule has 0 aromatic heterocycles. The summed E-state index contributed by atoms with van der Waals surface area (Å²) in [5.41, 5.74) is 11.0. The van der Waals surface area contributed by atoms with Crippen molar-refractivity contribution in [3.05, 3.63) is 29.3 Å². The summed E-state index contributed by atoms with van der Waals surface area (Å²) in [4.78, 5) is 15.3. The number of nitrogens with zero attached hydrogens (tertiary/aromatic N) is 1. The Labute approximate surface area is 105 Å². The molecule has 1 rings (SSSR count). The number of carbonyl (C=O) groups is 1. The molecule has 5 nitrogen and oxygen atoms in total. The molecule has 0 saturated carbocycles. The summed E-state index contributed by atoms with van der Waals surface area (Å²) < 4.78 is 0. The van der Waals surface area contributed by atoms with Gasteiger partial charge in [0.2, 0.25) is 5.91 Å². The molecule has 5 N–H and O–H groups in total. The summed E-state index contributed by atoms with van der Waals surface area (Å²) in [6, 6.07) is 6.93. The molecular weight excluding hydrogens is 240 g/mol. The minimum Gasteiger partial charge on any atom is -0.370 e. The fourth-order valence-electron chi connectivity index (χ4n) is 1.20. The van der Waals surface area contributed by atoms with E-state index < -0.39 is 0 Å². The number of hydrogen-bond acceptors (Lipinski definition) is 2. The second kappa shape index (κ2) is 6.75. The van der Waals surface area contributed by atoms with E-state index in [-0.39, 0.29) is 11.9 Å². The van der Waals surface area contributed by atoms with Gasteiger partial charge in [-0.3, -0.25) is 9.79 Å². The smallest absolute Gasteiger partial charge is 0.224 e. The zero-order chi connectivity index (χ0) is 12.7. The maximum atomic E-state index is 11.5. The van der Waals surface area contributed by atoms with Crippen molar-refractivity contribution in [3.63, 3.8) is 0 Å². The lowest BCUT2D eigenvalue weighted by atomic mass is 10.2. The van der Waals surface area contributed by atoms with Gasteiger partial charge >= 0.3 is 0 Å². The minimum atomic E-state index is -0.0712. The quantitative estimate of drug-likeness (QED) is 0.420. The molecule has 1 amide bonds. The van der Waals surface area contributed by atoms with Crippen LogP contribution in [0.3, 0.4) is 0 Å². The predicted molar refractivity (Wildman–Crippen MR) is 70.0 cm³/mol. The van der Waals surface area contributed by atoms with Crippen molar-refractivity contribution in [2.45, 2.75) is 12.8 Å². The van der Waals surface area contributed by atoms with Crippen molar-refractivity contribution in [1.82, 2.24) is 0 Å². The van der Waals surface area contributed by atoms with Gasteiger partial charge in [0.1, 0.15) is 0 Å². The number of amides is 1. The van der Waals surface area contributed by atoms with Crippen molar-refractivity contribution in [1.29, 1.82) is 0 Å². The molecule has 0 aliphatic heterocycles. The van der Waals surface area contributed by atoms with Gasteiger partial charge in [-0.15, -0.1) is 0 Å². The third-order valence-corrected chi connectivity index (χ3v) is 2.24. The van der Waals surface area contributed by atoms with E-state index in [1.165, 1.54) is 0 Å². The van der Waals surface area contributed by atoms with E-state index >= 15 is 0 Å².